The van der Waals surface area contributed by atoms with Crippen LogP contribution in [0.2, 0.25) is 5.02 Å². The number of ketones is 1. The van der Waals surface area contributed by atoms with Gasteiger partial charge in [0.15, 0.2) is 11.5 Å². The number of Topliss-reactive ketones (excluding diaryl/α,β-unsaturated/α-hetero) is 1. The summed E-state index contributed by atoms with van der Waals surface area (Å²) in [6, 6.07) is 11.1. The molecule has 13 nitrogen and oxygen atoms in total. The van der Waals surface area contributed by atoms with E-state index in [1.807, 2.05) is 0 Å². The Morgan fingerprint density at radius 2 is 1.68 bits per heavy atom. The van der Waals surface area contributed by atoms with Crippen molar-refractivity contribution in [1.29, 1.82) is 0 Å². The summed E-state index contributed by atoms with van der Waals surface area (Å²) >= 11 is 6.22. The Kier molecular flexibility index (Phi) is 11.4. The highest BCUT2D eigenvalue weighted by molar-refractivity contribution is 6.31. The number of nitrogens with one attached hydrogen (secondary N) is 1. The highest BCUT2D eigenvalue weighted by atomic mass is 35.5. The number of amides is 1. The SMILES string of the molecule is CCOC(=O)On1c(C(=O)OCC)cc2cc(NC(=O)C(CCOC)n3cc(OC)c(-c4cc(Cl)ccc4C(C)=O)cc3=O)ccc21. The number of esters is 1. The Balaban J connectivity index is 1.72. The maximum Gasteiger partial charge on any atom is 0.533 e. The van der Waals surface area contributed by atoms with Gasteiger partial charge in [-0.1, -0.05) is 11.6 Å². The molecule has 0 saturated carbocycles. The first kappa shape index (κ1) is 34.7. The first-order valence-corrected chi connectivity index (χ1v) is 15.0. The molecule has 1 atom stereocenters. The zero-order valence-corrected chi connectivity index (χ0v) is 27.2. The largest absolute Gasteiger partial charge is 0.533 e. The van der Waals surface area contributed by atoms with E-state index in [-0.39, 0.29) is 43.5 Å². The number of halogens is 1. The number of rotatable bonds is 13. The maximum atomic E-state index is 13.7. The van der Waals surface area contributed by atoms with E-state index in [0.717, 1.165) is 4.73 Å². The summed E-state index contributed by atoms with van der Waals surface area (Å²) in [5.41, 5.74) is 1.16. The van der Waals surface area contributed by atoms with Gasteiger partial charge in [0.05, 0.1) is 32.0 Å². The van der Waals surface area contributed by atoms with Crippen molar-refractivity contribution in [2.45, 2.75) is 33.2 Å². The van der Waals surface area contributed by atoms with Crippen LogP contribution in [0.5, 0.6) is 5.75 Å². The Labute approximate surface area is 274 Å². The van der Waals surface area contributed by atoms with Crippen molar-refractivity contribution >= 4 is 52.0 Å². The molecular weight excluding hydrogens is 634 g/mol. The van der Waals surface area contributed by atoms with Gasteiger partial charge >= 0.3 is 12.1 Å². The number of anilines is 1. The van der Waals surface area contributed by atoms with Gasteiger partial charge in [0.1, 0.15) is 11.8 Å². The van der Waals surface area contributed by atoms with Gasteiger partial charge in [-0.15, -0.1) is 0 Å². The molecule has 0 spiro atoms. The van der Waals surface area contributed by atoms with Gasteiger partial charge in [-0.2, -0.15) is 4.73 Å². The number of fused-ring (bicyclic) bond motifs is 1. The molecule has 0 fully saturated rings. The molecule has 47 heavy (non-hydrogen) atoms. The molecule has 2 aromatic heterocycles. The van der Waals surface area contributed by atoms with E-state index >= 15 is 0 Å². The number of aromatic nitrogens is 2. The van der Waals surface area contributed by atoms with Crippen molar-refractivity contribution in [2.24, 2.45) is 0 Å². The molecule has 0 aliphatic carbocycles. The second-order valence-corrected chi connectivity index (χ2v) is 10.6. The van der Waals surface area contributed by atoms with Gasteiger partial charge in [-0.3, -0.25) is 19.0 Å². The summed E-state index contributed by atoms with van der Waals surface area (Å²) in [5, 5.41) is 3.62. The van der Waals surface area contributed by atoms with Crippen molar-refractivity contribution in [3.05, 3.63) is 81.4 Å². The zero-order valence-electron chi connectivity index (χ0n) is 26.5. The molecule has 4 aromatic rings. The van der Waals surface area contributed by atoms with Crippen LogP contribution < -0.4 is 20.5 Å². The quantitative estimate of drug-likeness (QED) is 0.147. The van der Waals surface area contributed by atoms with E-state index in [1.165, 1.54) is 44.0 Å². The lowest BCUT2D eigenvalue weighted by Crippen LogP contribution is -2.34. The number of pyridine rings is 1. The Bertz CT molecular complexity index is 1880. The number of hydrogen-bond acceptors (Lipinski definition) is 10. The summed E-state index contributed by atoms with van der Waals surface area (Å²) in [4.78, 5) is 69.6. The minimum Gasteiger partial charge on any atom is -0.495 e. The Morgan fingerprint density at radius 1 is 0.936 bits per heavy atom. The fourth-order valence-electron chi connectivity index (χ4n) is 4.98. The van der Waals surface area contributed by atoms with E-state index in [1.54, 1.807) is 50.2 Å². The summed E-state index contributed by atoms with van der Waals surface area (Å²) in [7, 11) is 2.88. The van der Waals surface area contributed by atoms with Crippen LogP contribution in [0.3, 0.4) is 0 Å². The van der Waals surface area contributed by atoms with Crippen LogP contribution in [0.4, 0.5) is 10.5 Å². The third-order valence-corrected chi connectivity index (χ3v) is 7.32. The van der Waals surface area contributed by atoms with Gasteiger partial charge in [0.2, 0.25) is 5.91 Å². The number of carbonyl (C=O) groups is 4. The predicted molar refractivity (Wildman–Crippen MR) is 173 cm³/mol. The van der Waals surface area contributed by atoms with Crippen LogP contribution in [0.15, 0.2) is 59.5 Å². The number of methoxy groups -OCH3 is 2. The van der Waals surface area contributed by atoms with E-state index < -0.39 is 29.6 Å². The Hall–Kier alpha value is -5.14. The molecule has 2 heterocycles. The van der Waals surface area contributed by atoms with E-state index in [9.17, 15) is 24.0 Å². The molecule has 4 rings (SSSR count). The molecule has 1 N–H and O–H groups in total. The second-order valence-electron chi connectivity index (χ2n) is 10.1. The van der Waals surface area contributed by atoms with E-state index in [0.29, 0.717) is 38.3 Å². The topological polar surface area (TPSA) is 153 Å². The van der Waals surface area contributed by atoms with Gasteiger partial charge in [0.25, 0.3) is 5.56 Å². The molecule has 0 saturated heterocycles. The fourth-order valence-corrected chi connectivity index (χ4v) is 5.15. The normalized spacial score (nSPS) is 11.5. The number of hydrogen-bond donors (Lipinski definition) is 1. The van der Waals surface area contributed by atoms with Crippen LogP contribution >= 0.6 is 11.6 Å². The first-order chi connectivity index (χ1) is 22.5. The molecular formula is C33H34ClN3O10. The van der Waals surface area contributed by atoms with Crippen molar-refractivity contribution < 1.29 is 43.0 Å². The van der Waals surface area contributed by atoms with Gasteiger partial charge in [0, 0.05) is 53.4 Å². The summed E-state index contributed by atoms with van der Waals surface area (Å²) in [6.45, 7) is 4.95. The predicted octanol–water partition coefficient (Wildman–Crippen LogP) is 5.31. The van der Waals surface area contributed by atoms with E-state index in [2.05, 4.69) is 5.32 Å². The van der Waals surface area contributed by atoms with Crippen LogP contribution in [-0.2, 0) is 19.0 Å². The number of benzene rings is 2. The van der Waals surface area contributed by atoms with E-state index in [4.69, 9.17) is 35.4 Å². The fraction of sp³-hybridized carbons (Fsp3) is 0.303. The molecule has 0 aliphatic heterocycles. The highest BCUT2D eigenvalue weighted by Gasteiger charge is 2.26. The van der Waals surface area contributed by atoms with Gasteiger partial charge < -0.3 is 29.1 Å². The van der Waals surface area contributed by atoms with Crippen LogP contribution in [0.25, 0.3) is 22.0 Å². The number of nitrogens with zero attached hydrogens (tertiary/aromatic N) is 2. The summed E-state index contributed by atoms with van der Waals surface area (Å²) in [5.74, 6) is -1.27. The monoisotopic (exact) mass is 667 g/mol. The lowest BCUT2D eigenvalue weighted by Gasteiger charge is -2.21. The first-order valence-electron chi connectivity index (χ1n) is 14.6. The number of carbonyl (C=O) groups excluding carboxylic acids is 4. The van der Waals surface area contributed by atoms with Gasteiger partial charge in [-0.05, 0) is 68.8 Å². The van der Waals surface area contributed by atoms with Crippen LogP contribution in [0, 0.1) is 0 Å². The number of ether oxygens (including phenoxy) is 4. The lowest BCUT2D eigenvalue weighted by atomic mass is 9.97. The standard InChI is InChI=1S/C33H34ClN3O10/c1-6-45-32(41)28-15-20-14-22(9-11-26(20)37(28)47-33(42)46-7-2)35-31(40)27(12-13-43-4)36-18-29(44-5)25(17-30(36)39)24-16-21(34)8-10-23(24)19(3)38/h8-11,14-18,27H,6-7,12-13H2,1-5H3,(H,35,40). The molecule has 1 amide bonds. The smallest absolute Gasteiger partial charge is 0.495 e. The average Bonchev–Trinajstić information content (AvgIpc) is 3.38. The van der Waals surface area contributed by atoms with Crippen molar-refractivity contribution in [3.63, 3.8) is 0 Å². The zero-order chi connectivity index (χ0) is 34.2. The lowest BCUT2D eigenvalue weighted by molar-refractivity contribution is -0.119. The molecule has 0 bridgehead atoms. The third kappa shape index (κ3) is 7.81. The highest BCUT2D eigenvalue weighted by Crippen LogP contribution is 2.34. The minimum absolute atomic E-state index is 0.0605. The van der Waals surface area contributed by atoms with Crippen LogP contribution in [-0.4, -0.2) is 67.2 Å². The van der Waals surface area contributed by atoms with Crippen molar-refractivity contribution in [2.75, 3.05) is 39.4 Å². The Morgan fingerprint density at radius 3 is 2.34 bits per heavy atom. The van der Waals surface area contributed by atoms with Gasteiger partial charge in [-0.25, -0.2) is 9.59 Å². The summed E-state index contributed by atoms with van der Waals surface area (Å²) in [6.07, 6.45) is 0.512. The second kappa shape index (κ2) is 15.4. The molecule has 0 aliphatic rings. The molecule has 0 radical (unpaired) electrons. The van der Waals surface area contributed by atoms with Crippen molar-refractivity contribution in [3.8, 4) is 16.9 Å². The maximum absolute atomic E-state index is 13.7. The average molecular weight is 668 g/mol. The minimum atomic E-state index is -1.04. The molecule has 2 aromatic carbocycles. The van der Waals surface area contributed by atoms with Crippen molar-refractivity contribution in [1.82, 2.24) is 9.30 Å². The molecule has 248 valence electrons. The van der Waals surface area contributed by atoms with Crippen LogP contribution in [0.1, 0.15) is 54.1 Å². The summed E-state index contributed by atoms with van der Waals surface area (Å²) < 4.78 is 23.0. The molecule has 1 unspecified atom stereocenters. The third-order valence-electron chi connectivity index (χ3n) is 7.09. The molecule has 14 heteroatoms.